The number of ketones is 1. The van der Waals surface area contributed by atoms with Crippen LogP contribution in [-0.2, 0) is 9.47 Å². The number of hydrogen-bond donors (Lipinski definition) is 0. The molecule has 0 fully saturated rings. The Hall–Kier alpha value is -1.68. The van der Waals surface area contributed by atoms with Gasteiger partial charge in [-0.3, -0.25) is 4.79 Å². The summed E-state index contributed by atoms with van der Waals surface area (Å²) in [6, 6.07) is 6.38. The summed E-state index contributed by atoms with van der Waals surface area (Å²) >= 11 is 0. The standard InChI is InChI=1S/C12H14O4/c1-15-8-7-11(13)9-3-5-10(6-4-9)12(14)16-2/h3-6H,7-8H2,1-2H3. The average molecular weight is 222 g/mol. The molecule has 0 saturated carbocycles. The Morgan fingerprint density at radius 3 is 2.12 bits per heavy atom. The van der Waals surface area contributed by atoms with Crippen molar-refractivity contribution in [3.05, 3.63) is 35.4 Å². The molecule has 86 valence electrons. The highest BCUT2D eigenvalue weighted by atomic mass is 16.5. The van der Waals surface area contributed by atoms with Crippen molar-refractivity contribution < 1.29 is 19.1 Å². The zero-order chi connectivity index (χ0) is 12.0. The number of rotatable bonds is 5. The fraction of sp³-hybridized carbons (Fsp3) is 0.333. The second-order valence-corrected chi connectivity index (χ2v) is 3.23. The molecule has 0 aliphatic carbocycles. The molecule has 0 aromatic heterocycles. The van der Waals surface area contributed by atoms with Crippen LogP contribution in [-0.4, -0.2) is 32.6 Å². The van der Waals surface area contributed by atoms with Crippen LogP contribution in [0.3, 0.4) is 0 Å². The van der Waals surface area contributed by atoms with E-state index in [2.05, 4.69) is 4.74 Å². The van der Waals surface area contributed by atoms with Gasteiger partial charge < -0.3 is 9.47 Å². The fourth-order valence-corrected chi connectivity index (χ4v) is 1.25. The molecule has 4 heteroatoms. The van der Waals surface area contributed by atoms with Crippen molar-refractivity contribution >= 4 is 11.8 Å². The highest BCUT2D eigenvalue weighted by Crippen LogP contribution is 2.08. The molecule has 0 atom stereocenters. The third kappa shape index (κ3) is 3.17. The Labute approximate surface area is 94.2 Å². The number of carbonyl (C=O) groups is 2. The molecule has 4 nitrogen and oxygen atoms in total. The van der Waals surface area contributed by atoms with E-state index in [-0.39, 0.29) is 5.78 Å². The lowest BCUT2D eigenvalue weighted by Gasteiger charge is -2.02. The third-order valence-corrected chi connectivity index (χ3v) is 2.16. The molecule has 0 radical (unpaired) electrons. The number of benzene rings is 1. The number of hydrogen-bond acceptors (Lipinski definition) is 4. The minimum absolute atomic E-state index is 0.00161. The summed E-state index contributed by atoms with van der Waals surface area (Å²) < 4.78 is 9.38. The van der Waals surface area contributed by atoms with E-state index in [0.717, 1.165) is 0 Å². The highest BCUT2D eigenvalue weighted by molar-refractivity contribution is 5.97. The molecule has 1 aromatic carbocycles. The average Bonchev–Trinajstić information content (AvgIpc) is 2.35. The van der Waals surface area contributed by atoms with Crippen LogP contribution in [0.5, 0.6) is 0 Å². The van der Waals surface area contributed by atoms with Crippen LogP contribution < -0.4 is 0 Å². The summed E-state index contributed by atoms with van der Waals surface area (Å²) in [5, 5.41) is 0. The molecule has 0 amide bonds. The fourth-order valence-electron chi connectivity index (χ4n) is 1.25. The molecule has 0 saturated heterocycles. The molecule has 0 unspecified atom stereocenters. The lowest BCUT2D eigenvalue weighted by molar-refractivity contribution is 0.0600. The Kier molecular flexibility index (Phi) is 4.66. The Bertz CT molecular complexity index is 367. The zero-order valence-electron chi connectivity index (χ0n) is 9.36. The number of ether oxygens (including phenoxy) is 2. The Morgan fingerprint density at radius 1 is 1.06 bits per heavy atom. The van der Waals surface area contributed by atoms with Gasteiger partial charge >= 0.3 is 5.97 Å². The van der Waals surface area contributed by atoms with Gasteiger partial charge in [0.25, 0.3) is 0 Å². The summed E-state index contributed by atoms with van der Waals surface area (Å²) in [6.45, 7) is 0.400. The van der Waals surface area contributed by atoms with Crippen LogP contribution in [0.4, 0.5) is 0 Å². The quantitative estimate of drug-likeness (QED) is 0.562. The lowest BCUT2D eigenvalue weighted by Crippen LogP contribution is -2.05. The number of esters is 1. The monoisotopic (exact) mass is 222 g/mol. The van der Waals surface area contributed by atoms with E-state index in [1.165, 1.54) is 7.11 Å². The van der Waals surface area contributed by atoms with Crippen LogP contribution in [0.2, 0.25) is 0 Å². The van der Waals surface area contributed by atoms with Crippen molar-refractivity contribution in [2.75, 3.05) is 20.8 Å². The number of Topliss-reactive ketones (excluding diaryl/α,β-unsaturated/α-hetero) is 1. The van der Waals surface area contributed by atoms with E-state index in [9.17, 15) is 9.59 Å². The van der Waals surface area contributed by atoms with E-state index >= 15 is 0 Å². The predicted molar refractivity (Wildman–Crippen MR) is 58.6 cm³/mol. The maximum absolute atomic E-state index is 11.6. The van der Waals surface area contributed by atoms with Gasteiger partial charge in [0.2, 0.25) is 0 Å². The minimum atomic E-state index is -0.407. The molecular weight excluding hydrogens is 208 g/mol. The molecule has 1 rings (SSSR count). The Morgan fingerprint density at radius 2 is 1.62 bits per heavy atom. The van der Waals surface area contributed by atoms with Gasteiger partial charge in [0.1, 0.15) is 0 Å². The van der Waals surface area contributed by atoms with Gasteiger partial charge in [-0.2, -0.15) is 0 Å². The van der Waals surface area contributed by atoms with Gasteiger partial charge in [0.15, 0.2) is 5.78 Å². The first-order valence-corrected chi connectivity index (χ1v) is 4.89. The van der Waals surface area contributed by atoms with Crippen molar-refractivity contribution in [1.29, 1.82) is 0 Å². The van der Waals surface area contributed by atoms with Crippen molar-refractivity contribution in [3.63, 3.8) is 0 Å². The number of carbonyl (C=O) groups excluding carboxylic acids is 2. The second kappa shape index (κ2) is 6.02. The van der Waals surface area contributed by atoms with Crippen molar-refractivity contribution in [2.24, 2.45) is 0 Å². The lowest BCUT2D eigenvalue weighted by atomic mass is 10.1. The largest absolute Gasteiger partial charge is 0.465 e. The normalized spacial score (nSPS) is 9.88. The van der Waals surface area contributed by atoms with Gasteiger partial charge in [-0.15, -0.1) is 0 Å². The summed E-state index contributed by atoms with van der Waals surface area (Å²) in [6.07, 6.45) is 0.341. The smallest absolute Gasteiger partial charge is 0.337 e. The van der Waals surface area contributed by atoms with Gasteiger partial charge in [-0.05, 0) is 12.1 Å². The molecular formula is C12H14O4. The SMILES string of the molecule is COCCC(=O)c1ccc(C(=O)OC)cc1. The van der Waals surface area contributed by atoms with Crippen LogP contribution >= 0.6 is 0 Å². The first-order chi connectivity index (χ1) is 7.69. The number of methoxy groups -OCH3 is 2. The van der Waals surface area contributed by atoms with E-state index < -0.39 is 5.97 Å². The molecule has 0 N–H and O–H groups in total. The van der Waals surface area contributed by atoms with Crippen LogP contribution in [0, 0.1) is 0 Å². The van der Waals surface area contributed by atoms with Crippen LogP contribution in [0.15, 0.2) is 24.3 Å². The summed E-state index contributed by atoms with van der Waals surface area (Å²) in [5.74, 6) is -0.408. The molecule has 0 heterocycles. The molecule has 1 aromatic rings. The van der Waals surface area contributed by atoms with E-state index in [1.54, 1.807) is 31.4 Å². The maximum atomic E-state index is 11.6. The van der Waals surface area contributed by atoms with E-state index in [1.807, 2.05) is 0 Å². The van der Waals surface area contributed by atoms with Crippen LogP contribution in [0.25, 0.3) is 0 Å². The van der Waals surface area contributed by atoms with Crippen molar-refractivity contribution in [3.8, 4) is 0 Å². The molecule has 16 heavy (non-hydrogen) atoms. The zero-order valence-corrected chi connectivity index (χ0v) is 9.36. The van der Waals surface area contributed by atoms with Gasteiger partial charge in [0.05, 0.1) is 19.3 Å². The maximum Gasteiger partial charge on any atom is 0.337 e. The first kappa shape index (κ1) is 12.4. The molecule has 0 aliphatic rings. The summed E-state index contributed by atoms with van der Waals surface area (Å²) in [5.41, 5.74) is 1.01. The van der Waals surface area contributed by atoms with Gasteiger partial charge in [-0.1, -0.05) is 12.1 Å². The van der Waals surface area contributed by atoms with Gasteiger partial charge in [-0.25, -0.2) is 4.79 Å². The molecule has 0 spiro atoms. The van der Waals surface area contributed by atoms with E-state index in [4.69, 9.17) is 4.74 Å². The predicted octanol–water partition coefficient (Wildman–Crippen LogP) is 1.69. The highest BCUT2D eigenvalue weighted by Gasteiger charge is 2.08. The Balaban J connectivity index is 2.71. The molecule has 0 bridgehead atoms. The first-order valence-electron chi connectivity index (χ1n) is 4.89. The minimum Gasteiger partial charge on any atom is -0.465 e. The summed E-state index contributed by atoms with van der Waals surface area (Å²) in [7, 11) is 2.87. The van der Waals surface area contributed by atoms with Crippen molar-refractivity contribution in [1.82, 2.24) is 0 Å². The van der Waals surface area contributed by atoms with E-state index in [0.29, 0.717) is 24.2 Å². The second-order valence-electron chi connectivity index (χ2n) is 3.23. The van der Waals surface area contributed by atoms with Gasteiger partial charge in [0, 0.05) is 19.1 Å². The van der Waals surface area contributed by atoms with Crippen LogP contribution in [0.1, 0.15) is 27.1 Å². The molecule has 0 aliphatic heterocycles. The summed E-state index contributed by atoms with van der Waals surface area (Å²) in [4.78, 5) is 22.7. The topological polar surface area (TPSA) is 52.6 Å². The van der Waals surface area contributed by atoms with Crippen molar-refractivity contribution in [2.45, 2.75) is 6.42 Å². The third-order valence-electron chi connectivity index (χ3n) is 2.16.